The van der Waals surface area contributed by atoms with Crippen LogP contribution in [0.2, 0.25) is 0 Å². The van der Waals surface area contributed by atoms with Gasteiger partial charge in [0.15, 0.2) is 0 Å². The van der Waals surface area contributed by atoms with E-state index in [2.05, 4.69) is 0 Å². The van der Waals surface area contributed by atoms with Gasteiger partial charge in [0.1, 0.15) is 0 Å². The first-order chi connectivity index (χ1) is 5.31. The topological polar surface area (TPSA) is 58.9 Å². The van der Waals surface area contributed by atoms with E-state index in [0.717, 1.165) is 12.0 Å². The van der Waals surface area contributed by atoms with Crippen LogP contribution < -0.4 is 0 Å². The Balaban J connectivity index is 2.89. The summed E-state index contributed by atoms with van der Waals surface area (Å²) in [5.41, 5.74) is 0. The number of aliphatic hydroxyl groups is 2. The van der Waals surface area contributed by atoms with Crippen molar-refractivity contribution in [3.63, 3.8) is 0 Å². The van der Waals surface area contributed by atoms with Crippen molar-refractivity contribution >= 4 is 12.0 Å². The van der Waals surface area contributed by atoms with E-state index in [1.807, 2.05) is 0 Å². The van der Waals surface area contributed by atoms with Gasteiger partial charge in [-0.3, -0.25) is 0 Å². The first kappa shape index (κ1) is 11.2. The quantitative estimate of drug-likeness (QED) is 0.416. The fraction of sp³-hybridized carbons (Fsp3) is 1.00. The fourth-order valence-electron chi connectivity index (χ4n) is 0.356. The molecule has 1 atom stereocenters. The summed E-state index contributed by atoms with van der Waals surface area (Å²) in [4.78, 5) is 0. The first-order valence-electron chi connectivity index (χ1n) is 3.33. The summed E-state index contributed by atoms with van der Waals surface area (Å²) >= 11 is 1.14. The Morgan fingerprint density at radius 2 is 2.18 bits per heavy atom. The molecule has 0 radical (unpaired) electrons. The van der Waals surface area contributed by atoms with Gasteiger partial charge < -0.3 is 19.1 Å². The van der Waals surface area contributed by atoms with Crippen LogP contribution in [-0.4, -0.2) is 49.0 Å². The van der Waals surface area contributed by atoms with Crippen molar-refractivity contribution in [2.75, 3.05) is 32.7 Å². The average molecular weight is 182 g/mol. The zero-order valence-corrected chi connectivity index (χ0v) is 7.34. The molecule has 0 aromatic carbocycles. The van der Waals surface area contributed by atoms with E-state index in [9.17, 15) is 0 Å². The Morgan fingerprint density at radius 1 is 1.45 bits per heavy atom. The molecule has 0 bridgehead atoms. The minimum Gasteiger partial charge on any atom is -0.394 e. The van der Waals surface area contributed by atoms with Crippen LogP contribution in [0.4, 0.5) is 0 Å². The van der Waals surface area contributed by atoms with Gasteiger partial charge in [-0.2, -0.15) is 0 Å². The van der Waals surface area contributed by atoms with E-state index in [1.165, 1.54) is 0 Å². The lowest BCUT2D eigenvalue weighted by atomic mass is 10.4. The first-order valence-corrected chi connectivity index (χ1v) is 4.24. The molecule has 0 saturated carbocycles. The molecule has 2 N–H and O–H groups in total. The summed E-state index contributed by atoms with van der Waals surface area (Å²) in [7, 11) is 1.59. The fourth-order valence-corrected chi connectivity index (χ4v) is 0.900. The summed E-state index contributed by atoms with van der Waals surface area (Å²) in [5.74, 6) is 0.389. The van der Waals surface area contributed by atoms with Gasteiger partial charge in [-0.1, -0.05) is 0 Å². The molecule has 0 rings (SSSR count). The van der Waals surface area contributed by atoms with Crippen LogP contribution in [0, 0.1) is 0 Å². The average Bonchev–Trinajstić information content (AvgIpc) is 2.04. The second-order valence-electron chi connectivity index (χ2n) is 1.94. The molecular formula is C6H14O4S. The predicted molar refractivity (Wildman–Crippen MR) is 43.4 cm³/mol. The van der Waals surface area contributed by atoms with Crippen LogP contribution in [-0.2, 0) is 8.92 Å². The second-order valence-corrected chi connectivity index (χ2v) is 2.74. The second kappa shape index (κ2) is 8.29. The van der Waals surface area contributed by atoms with Crippen LogP contribution in [0.1, 0.15) is 0 Å². The molecule has 4 nitrogen and oxygen atoms in total. The Kier molecular flexibility index (Phi) is 8.43. The highest BCUT2D eigenvalue weighted by molar-refractivity contribution is 7.94. The van der Waals surface area contributed by atoms with Gasteiger partial charge in [-0.05, 0) is 12.0 Å². The number of aliphatic hydroxyl groups excluding tert-OH is 2. The van der Waals surface area contributed by atoms with Crippen LogP contribution in [0.15, 0.2) is 0 Å². The summed E-state index contributed by atoms with van der Waals surface area (Å²) in [6, 6.07) is 0. The summed E-state index contributed by atoms with van der Waals surface area (Å²) < 4.78 is 9.69. The van der Waals surface area contributed by atoms with E-state index >= 15 is 0 Å². The monoisotopic (exact) mass is 182 g/mol. The van der Waals surface area contributed by atoms with Gasteiger partial charge in [0.05, 0.1) is 25.9 Å². The lowest BCUT2D eigenvalue weighted by Gasteiger charge is -2.05. The van der Waals surface area contributed by atoms with Gasteiger partial charge in [-0.25, -0.2) is 0 Å². The Bertz CT molecular complexity index is 81.0. The molecule has 0 aromatic heterocycles. The number of methoxy groups -OCH3 is 1. The van der Waals surface area contributed by atoms with Crippen molar-refractivity contribution in [3.05, 3.63) is 0 Å². The van der Waals surface area contributed by atoms with E-state index in [4.69, 9.17) is 19.1 Å². The van der Waals surface area contributed by atoms with E-state index in [1.54, 1.807) is 7.11 Å². The molecule has 0 aliphatic rings. The van der Waals surface area contributed by atoms with Gasteiger partial charge in [-0.15, -0.1) is 0 Å². The smallest absolute Gasteiger partial charge is 0.0883 e. The Labute approximate surface area is 70.7 Å². The number of rotatable bonds is 7. The maximum atomic E-state index is 8.83. The van der Waals surface area contributed by atoms with Crippen molar-refractivity contribution in [1.82, 2.24) is 0 Å². The molecule has 5 heteroatoms. The minimum atomic E-state index is -0.692. The van der Waals surface area contributed by atoms with Crippen molar-refractivity contribution in [2.45, 2.75) is 6.10 Å². The van der Waals surface area contributed by atoms with Crippen molar-refractivity contribution in [3.8, 4) is 0 Å². The van der Waals surface area contributed by atoms with Gasteiger partial charge in [0.25, 0.3) is 0 Å². The van der Waals surface area contributed by atoms with E-state index in [0.29, 0.717) is 19.0 Å². The highest BCUT2D eigenvalue weighted by Crippen LogP contribution is 2.03. The van der Waals surface area contributed by atoms with Crippen LogP contribution >= 0.6 is 12.0 Å². The van der Waals surface area contributed by atoms with E-state index in [-0.39, 0.29) is 6.61 Å². The third-order valence-corrected chi connectivity index (χ3v) is 1.78. The van der Waals surface area contributed by atoms with Crippen molar-refractivity contribution in [1.29, 1.82) is 0 Å². The third kappa shape index (κ3) is 8.09. The summed E-state index contributed by atoms with van der Waals surface area (Å²) in [6.45, 7) is 0.822. The zero-order chi connectivity index (χ0) is 8.53. The van der Waals surface area contributed by atoms with Crippen LogP contribution in [0.25, 0.3) is 0 Å². The standard InChI is InChI=1S/C6H14O4S/c1-9-2-3-10-11-5-6(8)4-7/h6-8H,2-5H2,1H3. The normalized spacial score (nSPS) is 13.4. The molecule has 0 spiro atoms. The Hall–Kier alpha value is 0.190. The molecule has 0 aliphatic heterocycles. The molecule has 1 unspecified atom stereocenters. The molecule has 11 heavy (non-hydrogen) atoms. The van der Waals surface area contributed by atoms with Gasteiger partial charge >= 0.3 is 0 Å². The van der Waals surface area contributed by atoms with Crippen molar-refractivity contribution < 1.29 is 19.1 Å². The number of hydrogen-bond donors (Lipinski definition) is 2. The van der Waals surface area contributed by atoms with E-state index < -0.39 is 6.10 Å². The summed E-state index contributed by atoms with van der Waals surface area (Å²) in [6.07, 6.45) is -0.692. The highest BCUT2D eigenvalue weighted by Gasteiger charge is 2.01. The number of ether oxygens (including phenoxy) is 1. The summed E-state index contributed by atoms with van der Waals surface area (Å²) in [5, 5.41) is 17.2. The van der Waals surface area contributed by atoms with Gasteiger partial charge in [0.2, 0.25) is 0 Å². The molecule has 68 valence electrons. The Morgan fingerprint density at radius 3 is 2.73 bits per heavy atom. The molecule has 0 heterocycles. The molecule has 0 aliphatic carbocycles. The third-order valence-electron chi connectivity index (χ3n) is 0.925. The zero-order valence-electron chi connectivity index (χ0n) is 6.52. The van der Waals surface area contributed by atoms with Gasteiger partial charge in [0, 0.05) is 12.9 Å². The largest absolute Gasteiger partial charge is 0.394 e. The number of hydrogen-bond acceptors (Lipinski definition) is 5. The molecule has 0 fully saturated rings. The molecule has 0 saturated heterocycles. The van der Waals surface area contributed by atoms with Crippen LogP contribution in [0.3, 0.4) is 0 Å². The molecular weight excluding hydrogens is 168 g/mol. The lowest BCUT2D eigenvalue weighted by molar-refractivity contribution is 0.111. The maximum Gasteiger partial charge on any atom is 0.0883 e. The highest BCUT2D eigenvalue weighted by atomic mass is 32.2. The molecule has 0 aromatic rings. The predicted octanol–water partition coefficient (Wildman–Crippen LogP) is -0.349. The molecule has 0 amide bonds. The maximum absolute atomic E-state index is 8.83. The van der Waals surface area contributed by atoms with Crippen LogP contribution in [0.5, 0.6) is 0 Å². The lowest BCUT2D eigenvalue weighted by Crippen LogP contribution is -2.15. The SMILES string of the molecule is COCCOSCC(O)CO. The minimum absolute atomic E-state index is 0.222. The van der Waals surface area contributed by atoms with Crippen molar-refractivity contribution in [2.24, 2.45) is 0 Å².